The zero-order valence-corrected chi connectivity index (χ0v) is 16.1. The van der Waals surface area contributed by atoms with E-state index in [-0.39, 0.29) is 34.9 Å². The van der Waals surface area contributed by atoms with Gasteiger partial charge in [0.1, 0.15) is 0 Å². The van der Waals surface area contributed by atoms with Crippen LogP contribution in [0.5, 0.6) is 5.88 Å². The van der Waals surface area contributed by atoms with Crippen LogP contribution in [-0.4, -0.2) is 28.2 Å². The van der Waals surface area contributed by atoms with Crippen molar-refractivity contribution in [3.8, 4) is 5.88 Å². The van der Waals surface area contributed by atoms with Crippen LogP contribution in [0.15, 0.2) is 38.6 Å². The molecule has 3 aromatic heterocycles. The van der Waals surface area contributed by atoms with E-state index in [4.69, 9.17) is 11.6 Å². The third kappa shape index (κ3) is 2.40. The number of imidazole rings is 1. The highest BCUT2D eigenvalue weighted by molar-refractivity contribution is 6.30. The van der Waals surface area contributed by atoms with Crippen molar-refractivity contribution in [2.24, 2.45) is 14.1 Å². The fourth-order valence-electron chi connectivity index (χ4n) is 3.24. The number of aromatic nitrogens is 5. The molecule has 1 N–H and O–H groups in total. The van der Waals surface area contributed by atoms with Gasteiger partial charge in [0.15, 0.2) is 11.2 Å². The van der Waals surface area contributed by atoms with Crippen molar-refractivity contribution in [1.29, 1.82) is 0 Å². The fraction of sp³-hybridized carbons (Fsp3) is 0.222. The molecule has 0 spiro atoms. The summed E-state index contributed by atoms with van der Waals surface area (Å²) < 4.78 is 4.70. The first kappa shape index (κ1) is 18.1. The molecule has 0 saturated heterocycles. The smallest absolute Gasteiger partial charge is 0.332 e. The predicted molar refractivity (Wildman–Crippen MR) is 104 cm³/mol. The maximum absolute atomic E-state index is 12.8. The highest BCUT2D eigenvalue weighted by Gasteiger charge is 2.22. The van der Waals surface area contributed by atoms with E-state index >= 15 is 0 Å². The molecule has 144 valence electrons. The molecule has 0 amide bonds. The maximum atomic E-state index is 12.8. The Morgan fingerprint density at radius 1 is 1.04 bits per heavy atom. The van der Waals surface area contributed by atoms with Crippen LogP contribution in [0.1, 0.15) is 11.1 Å². The minimum atomic E-state index is -0.614. The fourth-order valence-corrected chi connectivity index (χ4v) is 3.36. The quantitative estimate of drug-likeness (QED) is 0.534. The van der Waals surface area contributed by atoms with Crippen LogP contribution in [0.3, 0.4) is 0 Å². The number of hydrogen-bond acceptors (Lipinski definition) is 5. The Labute approximate surface area is 162 Å². The van der Waals surface area contributed by atoms with Gasteiger partial charge in [-0.25, -0.2) is 9.20 Å². The number of benzene rings is 1. The first-order chi connectivity index (χ1) is 13.2. The second kappa shape index (κ2) is 6.10. The van der Waals surface area contributed by atoms with Crippen LogP contribution < -0.4 is 16.8 Å². The van der Waals surface area contributed by atoms with Gasteiger partial charge in [-0.15, -0.1) is 0 Å². The lowest BCUT2D eigenvalue weighted by molar-refractivity contribution is 0.437. The molecule has 0 radical (unpaired) electrons. The SMILES string of the molecule is Cc1c(O)n2c3c(=O)n(C)c(=O)n(C)c3nc2n(Cc2ccc(Cl)cc2)c1=O. The van der Waals surface area contributed by atoms with Crippen LogP contribution in [0.25, 0.3) is 16.9 Å². The van der Waals surface area contributed by atoms with Gasteiger partial charge in [0.05, 0.1) is 12.1 Å². The number of rotatable bonds is 2. The average molecular weight is 402 g/mol. The molecule has 0 bridgehead atoms. The zero-order valence-electron chi connectivity index (χ0n) is 15.3. The molecule has 0 saturated carbocycles. The number of aryl methyl sites for hydroxylation is 1. The summed E-state index contributed by atoms with van der Waals surface area (Å²) in [5.41, 5.74) is -0.662. The molecule has 4 rings (SSSR count). The first-order valence-corrected chi connectivity index (χ1v) is 8.75. The van der Waals surface area contributed by atoms with Crippen molar-refractivity contribution in [3.05, 3.63) is 71.6 Å². The van der Waals surface area contributed by atoms with E-state index in [1.165, 1.54) is 34.6 Å². The normalized spacial score (nSPS) is 11.6. The summed E-state index contributed by atoms with van der Waals surface area (Å²) in [5.74, 6) is -0.318. The molecule has 0 aliphatic rings. The summed E-state index contributed by atoms with van der Waals surface area (Å²) in [6.45, 7) is 1.62. The number of hydrogen-bond donors (Lipinski definition) is 1. The monoisotopic (exact) mass is 401 g/mol. The summed E-state index contributed by atoms with van der Waals surface area (Å²) in [7, 11) is 2.82. The minimum Gasteiger partial charge on any atom is -0.494 e. The minimum absolute atomic E-state index is 0.0186. The second-order valence-electron chi connectivity index (χ2n) is 6.59. The Morgan fingerprint density at radius 2 is 1.68 bits per heavy atom. The van der Waals surface area contributed by atoms with Gasteiger partial charge < -0.3 is 5.11 Å². The largest absolute Gasteiger partial charge is 0.494 e. The number of fused-ring (bicyclic) bond motifs is 3. The zero-order chi connectivity index (χ0) is 20.3. The highest BCUT2D eigenvalue weighted by Crippen LogP contribution is 2.21. The Kier molecular flexibility index (Phi) is 3.93. The van der Waals surface area contributed by atoms with Crippen LogP contribution in [0, 0.1) is 6.92 Å². The standard InChI is InChI=1S/C18H16ClN5O4/c1-9-14(25)23(8-10-4-6-11(19)7-5-10)17-20-13-12(24(17)15(9)26)16(27)22(3)18(28)21(13)2/h4-7,26H,8H2,1-3H3. The summed E-state index contributed by atoms with van der Waals surface area (Å²) in [6, 6.07) is 6.94. The van der Waals surface area contributed by atoms with Crippen molar-refractivity contribution >= 4 is 28.5 Å². The number of halogens is 1. The molecule has 0 aliphatic heterocycles. The van der Waals surface area contributed by atoms with Crippen molar-refractivity contribution < 1.29 is 5.11 Å². The van der Waals surface area contributed by atoms with Crippen molar-refractivity contribution in [2.75, 3.05) is 0 Å². The van der Waals surface area contributed by atoms with Gasteiger partial charge in [-0.3, -0.25) is 23.3 Å². The molecular weight excluding hydrogens is 386 g/mol. The lowest BCUT2D eigenvalue weighted by Crippen LogP contribution is -2.37. The molecule has 9 nitrogen and oxygen atoms in total. The summed E-state index contributed by atoms with van der Waals surface area (Å²) >= 11 is 5.92. The Hall–Kier alpha value is -3.33. The molecule has 0 aliphatic carbocycles. The molecule has 4 aromatic rings. The topological polar surface area (TPSA) is 104 Å². The van der Waals surface area contributed by atoms with E-state index in [1.807, 2.05) is 0 Å². The lowest BCUT2D eigenvalue weighted by Gasteiger charge is -2.11. The van der Waals surface area contributed by atoms with Gasteiger partial charge >= 0.3 is 5.69 Å². The molecular formula is C18H16ClN5O4. The van der Waals surface area contributed by atoms with Crippen molar-refractivity contribution in [2.45, 2.75) is 13.5 Å². The van der Waals surface area contributed by atoms with Gasteiger partial charge in [-0.05, 0) is 24.6 Å². The van der Waals surface area contributed by atoms with Gasteiger partial charge in [0, 0.05) is 19.1 Å². The van der Waals surface area contributed by atoms with E-state index in [0.717, 1.165) is 10.1 Å². The summed E-state index contributed by atoms with van der Waals surface area (Å²) in [5, 5.41) is 11.1. The van der Waals surface area contributed by atoms with Gasteiger partial charge in [-0.1, -0.05) is 23.7 Å². The van der Waals surface area contributed by atoms with Gasteiger partial charge in [-0.2, -0.15) is 4.98 Å². The van der Waals surface area contributed by atoms with E-state index in [1.54, 1.807) is 24.3 Å². The van der Waals surface area contributed by atoms with Crippen molar-refractivity contribution in [1.82, 2.24) is 23.1 Å². The molecule has 3 heterocycles. The van der Waals surface area contributed by atoms with E-state index < -0.39 is 16.8 Å². The second-order valence-corrected chi connectivity index (χ2v) is 7.03. The van der Waals surface area contributed by atoms with Gasteiger partial charge in [0.2, 0.25) is 11.7 Å². The Bertz CT molecular complexity index is 1440. The lowest BCUT2D eigenvalue weighted by atomic mass is 10.2. The molecule has 0 fully saturated rings. The van der Waals surface area contributed by atoms with Crippen molar-refractivity contribution in [3.63, 3.8) is 0 Å². The van der Waals surface area contributed by atoms with E-state index in [9.17, 15) is 19.5 Å². The maximum Gasteiger partial charge on any atom is 0.332 e. The van der Waals surface area contributed by atoms with Gasteiger partial charge in [0.25, 0.3) is 11.1 Å². The third-order valence-corrected chi connectivity index (χ3v) is 5.10. The van der Waals surface area contributed by atoms with E-state index in [0.29, 0.717) is 5.02 Å². The molecule has 10 heteroatoms. The molecule has 1 aromatic carbocycles. The van der Waals surface area contributed by atoms with Crippen LogP contribution in [0.4, 0.5) is 0 Å². The van der Waals surface area contributed by atoms with Crippen LogP contribution in [0.2, 0.25) is 5.02 Å². The summed E-state index contributed by atoms with van der Waals surface area (Å²) in [4.78, 5) is 42.1. The molecule has 28 heavy (non-hydrogen) atoms. The van der Waals surface area contributed by atoms with Crippen LogP contribution in [-0.2, 0) is 20.6 Å². The molecule has 0 atom stereocenters. The molecule has 0 unspecified atom stereocenters. The summed E-state index contributed by atoms with van der Waals surface area (Å²) in [6.07, 6.45) is 0. The Balaban J connectivity index is 2.17. The number of nitrogens with zero attached hydrogens (tertiary/aromatic N) is 5. The predicted octanol–water partition coefficient (Wildman–Crippen LogP) is 0.762. The highest BCUT2D eigenvalue weighted by atomic mass is 35.5. The van der Waals surface area contributed by atoms with E-state index in [2.05, 4.69) is 4.98 Å². The average Bonchev–Trinajstić information content (AvgIpc) is 3.08. The third-order valence-electron chi connectivity index (χ3n) is 4.85. The Morgan fingerprint density at radius 3 is 2.32 bits per heavy atom. The van der Waals surface area contributed by atoms with Crippen LogP contribution >= 0.6 is 11.6 Å². The first-order valence-electron chi connectivity index (χ1n) is 8.37. The number of aromatic hydroxyl groups is 1.